The van der Waals surface area contributed by atoms with Crippen molar-refractivity contribution in [2.75, 3.05) is 0 Å². The zero-order chi connectivity index (χ0) is 13.1. The molecule has 92 valence electrons. The fourth-order valence-corrected chi connectivity index (χ4v) is 1.30. The van der Waals surface area contributed by atoms with E-state index in [1.165, 1.54) is 0 Å². The molecule has 5 heteroatoms. The van der Waals surface area contributed by atoms with Gasteiger partial charge in [0.2, 0.25) is 11.0 Å². The highest BCUT2D eigenvalue weighted by atomic mass is 35.5. The second-order valence-corrected chi connectivity index (χ2v) is 4.82. The van der Waals surface area contributed by atoms with E-state index >= 15 is 0 Å². The maximum Gasteiger partial charge on any atom is 0.226 e. The normalized spacial score (nSPS) is 12.4. The zero-order valence-electron chi connectivity index (χ0n) is 9.90. The number of hydrogen-bond acceptors (Lipinski definition) is 4. The minimum Gasteiger partial charge on any atom is -0.488 e. The summed E-state index contributed by atoms with van der Waals surface area (Å²) in [7, 11) is 0. The maximum absolute atomic E-state index is 11.5. The minimum atomic E-state index is -0.531. The van der Waals surface area contributed by atoms with Crippen molar-refractivity contribution in [3.8, 4) is 5.75 Å². The van der Waals surface area contributed by atoms with Crippen LogP contribution < -0.4 is 4.74 Å². The van der Waals surface area contributed by atoms with Gasteiger partial charge in [-0.05, 0) is 45.0 Å². The fourth-order valence-electron chi connectivity index (χ4n) is 1.19. The number of ether oxygens (including phenoxy) is 1. The first-order valence-corrected chi connectivity index (χ1v) is 5.42. The van der Waals surface area contributed by atoms with Crippen molar-refractivity contribution < 1.29 is 14.7 Å². The van der Waals surface area contributed by atoms with Gasteiger partial charge in [0, 0.05) is 5.56 Å². The van der Waals surface area contributed by atoms with Gasteiger partial charge in [0.15, 0.2) is 0 Å². The summed E-state index contributed by atoms with van der Waals surface area (Å²) in [6, 6.07) is 6.47. The highest BCUT2D eigenvalue weighted by molar-refractivity contribution is 6.84. The molecular weight excluding hydrogens is 242 g/mol. The van der Waals surface area contributed by atoms with Gasteiger partial charge >= 0.3 is 0 Å². The smallest absolute Gasteiger partial charge is 0.226 e. The van der Waals surface area contributed by atoms with Gasteiger partial charge in [0.25, 0.3) is 0 Å². The summed E-state index contributed by atoms with van der Waals surface area (Å²) in [6.07, 6.45) is 0. The average molecular weight is 256 g/mol. The third-order valence-electron chi connectivity index (χ3n) is 1.82. The second-order valence-electron chi connectivity index (χ2n) is 4.46. The number of halogens is 1. The van der Waals surface area contributed by atoms with Gasteiger partial charge in [-0.25, -0.2) is 0 Å². The summed E-state index contributed by atoms with van der Waals surface area (Å²) in [5.74, 6) is 0.127. The first kappa shape index (κ1) is 13.5. The summed E-state index contributed by atoms with van der Waals surface area (Å²) in [4.78, 5) is 11.5. The molecule has 0 fully saturated rings. The number of ketones is 1. The van der Waals surface area contributed by atoms with Crippen molar-refractivity contribution in [2.24, 2.45) is 5.16 Å². The lowest BCUT2D eigenvalue weighted by Crippen LogP contribution is -2.22. The van der Waals surface area contributed by atoms with Crippen molar-refractivity contribution in [3.63, 3.8) is 0 Å². The van der Waals surface area contributed by atoms with Crippen LogP contribution in [-0.4, -0.2) is 21.8 Å². The van der Waals surface area contributed by atoms with Crippen LogP contribution in [0.2, 0.25) is 0 Å². The molecule has 0 amide bonds. The van der Waals surface area contributed by atoms with E-state index in [1.54, 1.807) is 24.3 Å². The van der Waals surface area contributed by atoms with Gasteiger partial charge in [-0.2, -0.15) is 0 Å². The average Bonchev–Trinajstić information content (AvgIpc) is 2.26. The molecule has 0 atom stereocenters. The van der Waals surface area contributed by atoms with Gasteiger partial charge in [-0.15, -0.1) is 0 Å². The van der Waals surface area contributed by atoms with Crippen LogP contribution in [0.25, 0.3) is 0 Å². The fraction of sp³-hybridized carbons (Fsp3) is 0.333. The van der Waals surface area contributed by atoms with Crippen LogP contribution in [0.5, 0.6) is 5.75 Å². The molecule has 1 rings (SSSR count). The zero-order valence-corrected chi connectivity index (χ0v) is 10.7. The molecule has 0 spiro atoms. The molecule has 0 saturated heterocycles. The molecule has 0 saturated carbocycles. The number of oxime groups is 1. The Morgan fingerprint density at radius 1 is 1.29 bits per heavy atom. The second kappa shape index (κ2) is 5.19. The number of nitrogens with zero attached hydrogens (tertiary/aromatic N) is 1. The third-order valence-corrected chi connectivity index (χ3v) is 2.06. The number of hydrogen-bond donors (Lipinski definition) is 1. The van der Waals surface area contributed by atoms with E-state index in [2.05, 4.69) is 5.16 Å². The van der Waals surface area contributed by atoms with E-state index in [-0.39, 0.29) is 5.60 Å². The number of benzene rings is 1. The van der Waals surface area contributed by atoms with Crippen molar-refractivity contribution in [1.82, 2.24) is 0 Å². The Hall–Kier alpha value is -1.55. The van der Waals surface area contributed by atoms with Crippen LogP contribution in [-0.2, 0) is 0 Å². The van der Waals surface area contributed by atoms with Gasteiger partial charge in [0.05, 0.1) is 0 Å². The van der Waals surface area contributed by atoms with E-state index in [0.717, 1.165) is 0 Å². The van der Waals surface area contributed by atoms with Crippen LogP contribution in [0.15, 0.2) is 29.4 Å². The quantitative estimate of drug-likeness (QED) is 0.391. The Bertz CT molecular complexity index is 432. The lowest BCUT2D eigenvalue weighted by Gasteiger charge is -2.21. The molecule has 0 aliphatic rings. The Balaban J connectivity index is 2.85. The highest BCUT2D eigenvalue weighted by Gasteiger charge is 2.14. The summed E-state index contributed by atoms with van der Waals surface area (Å²) >= 11 is 5.42. The number of carbonyl (C=O) groups is 1. The maximum atomic E-state index is 11.5. The molecule has 1 aromatic rings. The molecule has 0 radical (unpaired) electrons. The lowest BCUT2D eigenvalue weighted by molar-refractivity contribution is 0.106. The number of carbonyl (C=O) groups excluding carboxylic acids is 1. The molecule has 17 heavy (non-hydrogen) atoms. The Labute approximate surface area is 105 Å². The molecule has 0 unspecified atom stereocenters. The topological polar surface area (TPSA) is 58.9 Å². The van der Waals surface area contributed by atoms with E-state index in [1.807, 2.05) is 20.8 Å². The molecule has 0 heterocycles. The van der Waals surface area contributed by atoms with E-state index in [4.69, 9.17) is 21.5 Å². The van der Waals surface area contributed by atoms with Gasteiger partial charge in [-0.3, -0.25) is 4.79 Å². The van der Waals surface area contributed by atoms with Crippen LogP contribution in [0.1, 0.15) is 31.1 Å². The van der Waals surface area contributed by atoms with Gasteiger partial charge in [0.1, 0.15) is 11.4 Å². The molecule has 4 nitrogen and oxygen atoms in total. The summed E-state index contributed by atoms with van der Waals surface area (Å²) < 4.78 is 5.60. The van der Waals surface area contributed by atoms with Gasteiger partial charge < -0.3 is 9.94 Å². The Kier molecular flexibility index (Phi) is 4.12. The SMILES string of the molecule is CC(C)(C)Oc1ccc(C(=O)C(Cl)=NO)cc1. The van der Waals surface area contributed by atoms with Gasteiger partial charge in [-0.1, -0.05) is 16.8 Å². The molecule has 0 aromatic heterocycles. The summed E-state index contributed by atoms with van der Waals surface area (Å²) in [6.45, 7) is 5.80. The van der Waals surface area contributed by atoms with Crippen LogP contribution in [0.4, 0.5) is 0 Å². The standard InChI is InChI=1S/C12H14ClNO3/c1-12(2,3)17-9-6-4-8(5-7-9)10(15)11(13)14-16/h4-7,16H,1-3H3. The van der Waals surface area contributed by atoms with Crippen molar-refractivity contribution in [3.05, 3.63) is 29.8 Å². The van der Waals surface area contributed by atoms with E-state index < -0.39 is 11.0 Å². The van der Waals surface area contributed by atoms with Crippen LogP contribution in [0.3, 0.4) is 0 Å². The Morgan fingerprint density at radius 3 is 2.24 bits per heavy atom. The van der Waals surface area contributed by atoms with Crippen molar-refractivity contribution in [1.29, 1.82) is 0 Å². The van der Waals surface area contributed by atoms with Crippen LogP contribution in [0, 0.1) is 0 Å². The minimum absolute atomic E-state index is 0.296. The first-order chi connectivity index (χ1) is 7.83. The summed E-state index contributed by atoms with van der Waals surface area (Å²) in [5, 5.41) is 10.6. The van der Waals surface area contributed by atoms with Crippen molar-refractivity contribution >= 4 is 22.6 Å². The van der Waals surface area contributed by atoms with E-state index in [0.29, 0.717) is 11.3 Å². The molecular formula is C12H14ClNO3. The lowest BCUT2D eigenvalue weighted by atomic mass is 10.1. The third kappa shape index (κ3) is 4.07. The predicted molar refractivity (Wildman–Crippen MR) is 66.2 cm³/mol. The monoisotopic (exact) mass is 255 g/mol. The van der Waals surface area contributed by atoms with Crippen LogP contribution >= 0.6 is 11.6 Å². The molecule has 0 aliphatic heterocycles. The number of Topliss-reactive ketones (excluding diaryl/α,β-unsaturated/α-hetero) is 1. The molecule has 1 N–H and O–H groups in total. The summed E-state index contributed by atoms with van der Waals surface area (Å²) in [5.41, 5.74) is 0.0458. The highest BCUT2D eigenvalue weighted by Crippen LogP contribution is 2.19. The molecule has 0 bridgehead atoms. The Morgan fingerprint density at radius 2 is 1.82 bits per heavy atom. The predicted octanol–water partition coefficient (Wildman–Crippen LogP) is 3.07. The largest absolute Gasteiger partial charge is 0.488 e. The van der Waals surface area contributed by atoms with E-state index in [9.17, 15) is 4.79 Å². The molecule has 0 aliphatic carbocycles. The molecule has 1 aromatic carbocycles. The van der Waals surface area contributed by atoms with Crippen molar-refractivity contribution in [2.45, 2.75) is 26.4 Å². The number of rotatable bonds is 3. The first-order valence-electron chi connectivity index (χ1n) is 5.05.